The number of methoxy groups -OCH3 is 1. The second-order valence-electron chi connectivity index (χ2n) is 2.76. The van der Waals surface area contributed by atoms with Gasteiger partial charge in [0.05, 0.1) is 7.11 Å². The van der Waals surface area contributed by atoms with Crippen molar-refractivity contribution in [1.82, 2.24) is 0 Å². The third-order valence-corrected chi connectivity index (χ3v) is 2.18. The second-order valence-corrected chi connectivity index (χ2v) is 3.21. The summed E-state index contributed by atoms with van der Waals surface area (Å²) >= 11 is 4.08. The van der Waals surface area contributed by atoms with Gasteiger partial charge in [0, 0.05) is 0 Å². The number of benzene rings is 1. The van der Waals surface area contributed by atoms with Crippen LogP contribution in [0.5, 0.6) is 5.75 Å². The summed E-state index contributed by atoms with van der Waals surface area (Å²) in [6.45, 7) is 0. The van der Waals surface area contributed by atoms with Gasteiger partial charge in [-0.15, -0.1) is 0 Å². The zero-order valence-corrected chi connectivity index (χ0v) is 8.48. The van der Waals surface area contributed by atoms with E-state index in [0.717, 1.165) is 12.2 Å². The largest absolute Gasteiger partial charge is 0.494 e. The van der Waals surface area contributed by atoms with Gasteiger partial charge in [-0.1, -0.05) is 12.1 Å². The van der Waals surface area contributed by atoms with Crippen molar-refractivity contribution in [3.05, 3.63) is 29.6 Å². The standard InChI is InChI=1S/C10H13FOS/c1-12-9-6-2-4-8(10(9)11)5-3-7-13/h2,4,6,13H,3,5,7H2,1H3. The highest BCUT2D eigenvalue weighted by Crippen LogP contribution is 2.20. The van der Waals surface area contributed by atoms with Crippen LogP contribution >= 0.6 is 12.6 Å². The van der Waals surface area contributed by atoms with Gasteiger partial charge in [-0.3, -0.25) is 0 Å². The van der Waals surface area contributed by atoms with Gasteiger partial charge in [0.15, 0.2) is 11.6 Å². The van der Waals surface area contributed by atoms with Crippen molar-refractivity contribution in [2.24, 2.45) is 0 Å². The van der Waals surface area contributed by atoms with Gasteiger partial charge in [0.25, 0.3) is 0 Å². The van der Waals surface area contributed by atoms with E-state index in [1.165, 1.54) is 7.11 Å². The molecule has 3 heteroatoms. The monoisotopic (exact) mass is 200 g/mol. The number of hydrogen-bond donors (Lipinski definition) is 1. The normalized spacial score (nSPS) is 10.1. The van der Waals surface area contributed by atoms with Crippen molar-refractivity contribution in [2.45, 2.75) is 12.8 Å². The number of aryl methyl sites for hydroxylation is 1. The second kappa shape index (κ2) is 5.12. The van der Waals surface area contributed by atoms with Crippen LogP contribution in [0.15, 0.2) is 18.2 Å². The van der Waals surface area contributed by atoms with E-state index in [1.807, 2.05) is 0 Å². The SMILES string of the molecule is COc1cccc(CCCS)c1F. The van der Waals surface area contributed by atoms with E-state index in [9.17, 15) is 4.39 Å². The highest BCUT2D eigenvalue weighted by Gasteiger charge is 2.06. The van der Waals surface area contributed by atoms with E-state index in [1.54, 1.807) is 18.2 Å². The summed E-state index contributed by atoms with van der Waals surface area (Å²) in [5, 5.41) is 0. The van der Waals surface area contributed by atoms with Gasteiger partial charge in [0.1, 0.15) is 0 Å². The summed E-state index contributed by atoms with van der Waals surface area (Å²) in [6, 6.07) is 5.20. The van der Waals surface area contributed by atoms with Gasteiger partial charge >= 0.3 is 0 Å². The maximum absolute atomic E-state index is 13.4. The Hall–Kier alpha value is -0.700. The molecule has 0 amide bonds. The molecule has 0 fully saturated rings. The summed E-state index contributed by atoms with van der Waals surface area (Å²) < 4.78 is 18.3. The van der Waals surface area contributed by atoms with Crippen molar-refractivity contribution in [3.63, 3.8) is 0 Å². The van der Waals surface area contributed by atoms with Crippen LogP contribution in [-0.4, -0.2) is 12.9 Å². The first kappa shape index (κ1) is 10.4. The minimum absolute atomic E-state index is 0.244. The van der Waals surface area contributed by atoms with Crippen LogP contribution < -0.4 is 4.74 Å². The first-order valence-electron chi connectivity index (χ1n) is 4.22. The molecule has 1 aromatic rings. The molecule has 72 valence electrons. The highest BCUT2D eigenvalue weighted by molar-refractivity contribution is 7.80. The summed E-state index contributed by atoms with van der Waals surface area (Å²) in [5.74, 6) is 0.847. The smallest absolute Gasteiger partial charge is 0.168 e. The lowest BCUT2D eigenvalue weighted by Gasteiger charge is -2.05. The molecule has 1 nitrogen and oxygen atoms in total. The van der Waals surface area contributed by atoms with Gasteiger partial charge < -0.3 is 4.74 Å². The first-order chi connectivity index (χ1) is 6.29. The molecular formula is C10H13FOS. The lowest BCUT2D eigenvalue weighted by atomic mass is 10.1. The zero-order valence-electron chi connectivity index (χ0n) is 7.59. The number of ether oxygens (including phenoxy) is 1. The van der Waals surface area contributed by atoms with Crippen molar-refractivity contribution < 1.29 is 9.13 Å². The Balaban J connectivity index is 2.81. The number of rotatable bonds is 4. The third-order valence-electron chi connectivity index (χ3n) is 1.87. The Morgan fingerprint density at radius 1 is 1.46 bits per heavy atom. The molecule has 13 heavy (non-hydrogen) atoms. The van der Waals surface area contributed by atoms with E-state index in [4.69, 9.17) is 4.74 Å². The molecule has 0 aromatic heterocycles. The Morgan fingerprint density at radius 3 is 2.85 bits per heavy atom. The van der Waals surface area contributed by atoms with E-state index in [0.29, 0.717) is 17.7 Å². The average molecular weight is 200 g/mol. The lowest BCUT2D eigenvalue weighted by molar-refractivity contribution is 0.384. The fourth-order valence-electron chi connectivity index (χ4n) is 1.18. The lowest BCUT2D eigenvalue weighted by Crippen LogP contribution is -1.95. The maximum atomic E-state index is 13.4. The van der Waals surface area contributed by atoms with E-state index < -0.39 is 0 Å². The van der Waals surface area contributed by atoms with E-state index in [-0.39, 0.29) is 5.82 Å². The Labute approximate surface area is 83.3 Å². The van der Waals surface area contributed by atoms with Crippen LogP contribution in [0.4, 0.5) is 4.39 Å². The quantitative estimate of drug-likeness (QED) is 0.735. The molecule has 0 aliphatic rings. The van der Waals surface area contributed by atoms with Gasteiger partial charge in [-0.25, -0.2) is 4.39 Å². The molecule has 1 rings (SSSR count). The average Bonchev–Trinajstić information content (AvgIpc) is 2.16. The van der Waals surface area contributed by atoms with Crippen molar-refractivity contribution in [3.8, 4) is 5.75 Å². The Morgan fingerprint density at radius 2 is 2.23 bits per heavy atom. The minimum atomic E-state index is -0.244. The zero-order chi connectivity index (χ0) is 9.68. The molecule has 0 radical (unpaired) electrons. The molecule has 0 saturated heterocycles. The van der Waals surface area contributed by atoms with E-state index >= 15 is 0 Å². The Kier molecular flexibility index (Phi) is 4.09. The van der Waals surface area contributed by atoms with E-state index in [2.05, 4.69) is 12.6 Å². The fourth-order valence-corrected chi connectivity index (χ4v) is 1.33. The molecule has 1 aromatic carbocycles. The molecule has 0 aliphatic carbocycles. The molecule has 0 spiro atoms. The summed E-state index contributed by atoms with van der Waals surface area (Å²) in [7, 11) is 1.47. The summed E-state index contributed by atoms with van der Waals surface area (Å²) in [5.41, 5.74) is 0.702. The molecule has 0 N–H and O–H groups in total. The molecule has 0 saturated carbocycles. The molecule has 0 heterocycles. The Bertz CT molecular complexity index is 276. The highest BCUT2D eigenvalue weighted by atomic mass is 32.1. The maximum Gasteiger partial charge on any atom is 0.168 e. The minimum Gasteiger partial charge on any atom is -0.494 e. The summed E-state index contributed by atoms with van der Waals surface area (Å²) in [6.07, 6.45) is 1.60. The van der Waals surface area contributed by atoms with Crippen LogP contribution in [-0.2, 0) is 6.42 Å². The van der Waals surface area contributed by atoms with Gasteiger partial charge in [-0.05, 0) is 30.2 Å². The molecule has 0 atom stereocenters. The van der Waals surface area contributed by atoms with Crippen molar-refractivity contribution in [2.75, 3.05) is 12.9 Å². The molecular weight excluding hydrogens is 187 g/mol. The van der Waals surface area contributed by atoms with Crippen LogP contribution in [0.1, 0.15) is 12.0 Å². The fraction of sp³-hybridized carbons (Fsp3) is 0.400. The first-order valence-corrected chi connectivity index (χ1v) is 4.85. The number of halogens is 1. The summed E-state index contributed by atoms with van der Waals surface area (Å²) in [4.78, 5) is 0. The topological polar surface area (TPSA) is 9.23 Å². The number of thiol groups is 1. The van der Waals surface area contributed by atoms with Gasteiger partial charge in [-0.2, -0.15) is 12.6 Å². The molecule has 0 bridgehead atoms. The van der Waals surface area contributed by atoms with Crippen LogP contribution in [0.3, 0.4) is 0 Å². The predicted octanol–water partition coefficient (Wildman–Crippen LogP) is 2.70. The van der Waals surface area contributed by atoms with Crippen LogP contribution in [0.25, 0.3) is 0 Å². The molecule has 0 aliphatic heterocycles. The van der Waals surface area contributed by atoms with Crippen LogP contribution in [0, 0.1) is 5.82 Å². The van der Waals surface area contributed by atoms with Crippen molar-refractivity contribution >= 4 is 12.6 Å². The van der Waals surface area contributed by atoms with Crippen molar-refractivity contribution in [1.29, 1.82) is 0 Å². The number of hydrogen-bond acceptors (Lipinski definition) is 2. The predicted molar refractivity (Wildman–Crippen MR) is 55.1 cm³/mol. The van der Waals surface area contributed by atoms with Gasteiger partial charge in [0.2, 0.25) is 0 Å². The molecule has 0 unspecified atom stereocenters. The third kappa shape index (κ3) is 2.62. The van der Waals surface area contributed by atoms with Crippen LogP contribution in [0.2, 0.25) is 0 Å².